The van der Waals surface area contributed by atoms with Gasteiger partial charge in [-0.05, 0) is 109 Å². The second kappa shape index (κ2) is 64.1. The third kappa shape index (κ3) is 61.4. The maximum Gasteiger partial charge on any atom is 0.306 e. The number of esters is 3. The van der Waals surface area contributed by atoms with Crippen LogP contribution in [-0.4, -0.2) is 37.2 Å². The zero-order valence-electron chi connectivity index (χ0n) is 50.3. The molecule has 0 aromatic rings. The molecule has 0 N–H and O–H groups in total. The summed E-state index contributed by atoms with van der Waals surface area (Å²) >= 11 is 0. The summed E-state index contributed by atoms with van der Waals surface area (Å²) in [6.07, 6.45) is 84.6. The predicted molar refractivity (Wildman–Crippen MR) is 330 cm³/mol. The standard InChI is InChI=1S/C70H122O6/c1-4-7-10-13-16-19-22-24-26-28-30-32-33-34-35-36-37-39-40-42-44-46-48-51-54-57-60-63-69(72)75-66-67(65-74-68(71)62-59-56-53-50-21-18-15-12-9-6-3)76-70(73)64-61-58-55-52-49-47-45-43-41-38-31-29-27-25-23-20-17-14-11-8-5-2/h7,10,12,15-16,19,24,26,29-32,34-35,67H,4-6,8-9,11,13-14,17-18,20-23,25,27-28,33,36-66H2,1-3H3/b10-7-,15-12-,19-16-,26-24-,31-29-,32-30-,35-34-. The van der Waals surface area contributed by atoms with E-state index in [9.17, 15) is 14.4 Å². The van der Waals surface area contributed by atoms with Gasteiger partial charge in [0.15, 0.2) is 6.10 Å². The van der Waals surface area contributed by atoms with Gasteiger partial charge in [0.2, 0.25) is 0 Å². The second-order valence-corrected chi connectivity index (χ2v) is 21.6. The molecular formula is C70H122O6. The van der Waals surface area contributed by atoms with Crippen LogP contribution >= 0.6 is 0 Å². The van der Waals surface area contributed by atoms with Gasteiger partial charge in [0.05, 0.1) is 0 Å². The highest BCUT2D eigenvalue weighted by atomic mass is 16.6. The normalized spacial score (nSPS) is 12.6. The lowest BCUT2D eigenvalue weighted by atomic mass is 10.0. The minimum Gasteiger partial charge on any atom is -0.462 e. The summed E-state index contributed by atoms with van der Waals surface area (Å²) in [4.78, 5) is 38.2. The SMILES string of the molecule is CC/C=C\C/C=C\C/C=C\C/C=C\C/C=C\CCCCCCCCCCCCCC(=O)OCC(COC(=O)CCCCCCC/C=C\CCC)OC(=O)CCCCCCCCCCC/C=C\CCCCCCCCCC. The lowest BCUT2D eigenvalue weighted by molar-refractivity contribution is -0.167. The fourth-order valence-electron chi connectivity index (χ4n) is 9.23. The smallest absolute Gasteiger partial charge is 0.306 e. The number of unbranched alkanes of at least 4 members (excludes halogenated alkanes) is 34. The Morgan fingerprint density at radius 2 is 0.539 bits per heavy atom. The summed E-state index contributed by atoms with van der Waals surface area (Å²) in [5.41, 5.74) is 0. The fraction of sp³-hybridized carbons (Fsp3) is 0.757. The molecule has 0 spiro atoms. The van der Waals surface area contributed by atoms with Crippen LogP contribution in [0.15, 0.2) is 85.1 Å². The minimum absolute atomic E-state index is 0.0798. The zero-order chi connectivity index (χ0) is 55.0. The third-order valence-electron chi connectivity index (χ3n) is 14.1. The first-order valence-electron chi connectivity index (χ1n) is 32.6. The second-order valence-electron chi connectivity index (χ2n) is 21.6. The molecule has 0 rings (SSSR count). The first-order valence-corrected chi connectivity index (χ1v) is 32.6. The monoisotopic (exact) mass is 1060 g/mol. The van der Waals surface area contributed by atoms with Crippen molar-refractivity contribution in [3.05, 3.63) is 85.1 Å². The van der Waals surface area contributed by atoms with Gasteiger partial charge in [0.1, 0.15) is 13.2 Å². The minimum atomic E-state index is -0.782. The Morgan fingerprint density at radius 1 is 0.276 bits per heavy atom. The van der Waals surface area contributed by atoms with E-state index in [0.717, 1.165) is 103 Å². The molecule has 0 aromatic carbocycles. The molecular weight excluding hydrogens is 937 g/mol. The molecule has 6 nitrogen and oxygen atoms in total. The number of ether oxygens (including phenoxy) is 3. The van der Waals surface area contributed by atoms with E-state index < -0.39 is 6.10 Å². The quantitative estimate of drug-likeness (QED) is 0.0261. The largest absolute Gasteiger partial charge is 0.462 e. The summed E-state index contributed by atoms with van der Waals surface area (Å²) in [7, 11) is 0. The van der Waals surface area contributed by atoms with Crippen molar-refractivity contribution in [2.24, 2.45) is 0 Å². The number of hydrogen-bond acceptors (Lipinski definition) is 6. The Balaban J connectivity index is 4.23. The highest BCUT2D eigenvalue weighted by molar-refractivity contribution is 5.71. The molecule has 0 aliphatic carbocycles. The van der Waals surface area contributed by atoms with E-state index in [0.29, 0.717) is 19.3 Å². The third-order valence-corrected chi connectivity index (χ3v) is 14.1. The zero-order valence-corrected chi connectivity index (χ0v) is 50.3. The Labute approximate surface area is 471 Å². The van der Waals surface area contributed by atoms with E-state index in [-0.39, 0.29) is 31.1 Å². The van der Waals surface area contributed by atoms with Gasteiger partial charge in [-0.1, -0.05) is 279 Å². The first kappa shape index (κ1) is 72.6. The highest BCUT2D eigenvalue weighted by Crippen LogP contribution is 2.16. The average Bonchev–Trinajstić information content (AvgIpc) is 3.42. The van der Waals surface area contributed by atoms with Gasteiger partial charge in [0.25, 0.3) is 0 Å². The lowest BCUT2D eigenvalue weighted by Gasteiger charge is -2.18. The van der Waals surface area contributed by atoms with Gasteiger partial charge in [-0.2, -0.15) is 0 Å². The van der Waals surface area contributed by atoms with Gasteiger partial charge >= 0.3 is 17.9 Å². The van der Waals surface area contributed by atoms with Crippen molar-refractivity contribution in [1.82, 2.24) is 0 Å². The topological polar surface area (TPSA) is 78.9 Å². The van der Waals surface area contributed by atoms with Gasteiger partial charge in [-0.25, -0.2) is 0 Å². The van der Waals surface area contributed by atoms with Crippen molar-refractivity contribution in [2.45, 2.75) is 329 Å². The summed E-state index contributed by atoms with van der Waals surface area (Å²) in [6.45, 7) is 6.49. The molecule has 0 saturated carbocycles. The van der Waals surface area contributed by atoms with Gasteiger partial charge in [-0.3, -0.25) is 14.4 Å². The van der Waals surface area contributed by atoms with E-state index in [4.69, 9.17) is 14.2 Å². The summed E-state index contributed by atoms with van der Waals surface area (Å²) in [5, 5.41) is 0. The van der Waals surface area contributed by atoms with Crippen molar-refractivity contribution in [2.75, 3.05) is 13.2 Å². The number of allylic oxidation sites excluding steroid dienone is 14. The molecule has 0 radical (unpaired) electrons. The number of hydrogen-bond donors (Lipinski definition) is 0. The van der Waals surface area contributed by atoms with Crippen molar-refractivity contribution in [3.8, 4) is 0 Å². The van der Waals surface area contributed by atoms with Crippen LogP contribution in [0.2, 0.25) is 0 Å². The van der Waals surface area contributed by atoms with Crippen molar-refractivity contribution in [3.63, 3.8) is 0 Å². The van der Waals surface area contributed by atoms with E-state index >= 15 is 0 Å². The maximum absolute atomic E-state index is 12.9. The lowest BCUT2D eigenvalue weighted by Crippen LogP contribution is -2.30. The molecule has 0 aliphatic rings. The van der Waals surface area contributed by atoms with Crippen LogP contribution in [0, 0.1) is 0 Å². The Bertz CT molecular complexity index is 1450. The van der Waals surface area contributed by atoms with Crippen LogP contribution < -0.4 is 0 Å². The molecule has 0 amide bonds. The fourth-order valence-corrected chi connectivity index (χ4v) is 9.23. The van der Waals surface area contributed by atoms with Gasteiger partial charge < -0.3 is 14.2 Å². The highest BCUT2D eigenvalue weighted by Gasteiger charge is 2.19. The first-order chi connectivity index (χ1) is 37.5. The molecule has 0 aromatic heterocycles. The molecule has 438 valence electrons. The van der Waals surface area contributed by atoms with Crippen LogP contribution in [0.1, 0.15) is 323 Å². The van der Waals surface area contributed by atoms with Crippen molar-refractivity contribution >= 4 is 17.9 Å². The van der Waals surface area contributed by atoms with Crippen LogP contribution in [0.4, 0.5) is 0 Å². The Hall–Kier alpha value is -3.41. The van der Waals surface area contributed by atoms with Crippen LogP contribution in [-0.2, 0) is 28.6 Å². The Morgan fingerprint density at radius 3 is 0.868 bits per heavy atom. The summed E-state index contributed by atoms with van der Waals surface area (Å²) in [5.74, 6) is -0.884. The van der Waals surface area contributed by atoms with Gasteiger partial charge in [-0.15, -0.1) is 0 Å². The van der Waals surface area contributed by atoms with E-state index in [2.05, 4.69) is 106 Å². The average molecular weight is 1060 g/mol. The molecule has 0 fully saturated rings. The van der Waals surface area contributed by atoms with E-state index in [1.807, 2.05) is 0 Å². The molecule has 0 aliphatic heterocycles. The molecule has 1 unspecified atom stereocenters. The Kier molecular flexibility index (Phi) is 61.2. The molecule has 0 heterocycles. The van der Waals surface area contributed by atoms with Gasteiger partial charge in [0, 0.05) is 19.3 Å². The number of carbonyl (C=O) groups excluding carboxylic acids is 3. The molecule has 1 atom stereocenters. The molecule has 76 heavy (non-hydrogen) atoms. The van der Waals surface area contributed by atoms with Crippen molar-refractivity contribution < 1.29 is 28.6 Å². The molecule has 0 bridgehead atoms. The number of carbonyl (C=O) groups is 3. The maximum atomic E-state index is 12.9. The van der Waals surface area contributed by atoms with Crippen LogP contribution in [0.5, 0.6) is 0 Å². The predicted octanol–water partition coefficient (Wildman–Crippen LogP) is 22.3. The summed E-state index contributed by atoms with van der Waals surface area (Å²) < 4.78 is 16.9. The number of rotatable bonds is 59. The van der Waals surface area contributed by atoms with E-state index in [1.54, 1.807) is 0 Å². The molecule has 6 heteroatoms. The van der Waals surface area contributed by atoms with Crippen molar-refractivity contribution in [1.29, 1.82) is 0 Å². The van der Waals surface area contributed by atoms with Crippen LogP contribution in [0.3, 0.4) is 0 Å². The summed E-state index contributed by atoms with van der Waals surface area (Å²) in [6, 6.07) is 0. The van der Waals surface area contributed by atoms with E-state index in [1.165, 1.54) is 180 Å². The van der Waals surface area contributed by atoms with Crippen LogP contribution in [0.25, 0.3) is 0 Å². The molecule has 0 saturated heterocycles.